The highest BCUT2D eigenvalue weighted by Crippen LogP contribution is 2.19. The van der Waals surface area contributed by atoms with Crippen molar-refractivity contribution < 1.29 is 4.79 Å². The van der Waals surface area contributed by atoms with Crippen LogP contribution in [-0.2, 0) is 17.6 Å². The molecule has 2 aromatic carbocycles. The van der Waals surface area contributed by atoms with Gasteiger partial charge < -0.3 is 10.6 Å². The molecule has 1 atom stereocenters. The van der Waals surface area contributed by atoms with Crippen molar-refractivity contribution in [3.8, 4) is 11.1 Å². The van der Waals surface area contributed by atoms with Crippen LogP contribution < -0.4 is 10.6 Å². The second-order valence-electron chi connectivity index (χ2n) is 6.96. The molecular weight excluding hydrogens is 348 g/mol. The van der Waals surface area contributed by atoms with Crippen LogP contribution in [0.1, 0.15) is 25.0 Å². The fourth-order valence-corrected chi connectivity index (χ4v) is 3.12. The zero-order chi connectivity index (χ0) is 19.8. The van der Waals surface area contributed by atoms with Gasteiger partial charge >= 0.3 is 0 Å². The highest BCUT2D eigenvalue weighted by molar-refractivity contribution is 5.73. The van der Waals surface area contributed by atoms with Crippen LogP contribution in [0.4, 0.5) is 5.95 Å². The van der Waals surface area contributed by atoms with E-state index >= 15 is 0 Å². The Morgan fingerprint density at radius 1 is 0.929 bits per heavy atom. The van der Waals surface area contributed by atoms with Crippen molar-refractivity contribution in [2.24, 2.45) is 0 Å². The fraction of sp³-hybridized carbons (Fsp3) is 0.261. The Bertz CT molecular complexity index is 877. The SMILES string of the molecule is CC(=O)NC(C)Cc1ccc(-c2cnc(NCCc3ccccc3)nc2)cc1. The number of carbonyl (C=O) groups excluding carboxylic acids is 1. The lowest BCUT2D eigenvalue weighted by molar-refractivity contribution is -0.119. The first kappa shape index (κ1) is 19.5. The van der Waals surface area contributed by atoms with Gasteiger partial charge in [-0.3, -0.25) is 4.79 Å². The van der Waals surface area contributed by atoms with Gasteiger partial charge in [-0.2, -0.15) is 0 Å². The van der Waals surface area contributed by atoms with Crippen LogP contribution in [0.25, 0.3) is 11.1 Å². The Balaban J connectivity index is 1.53. The summed E-state index contributed by atoms with van der Waals surface area (Å²) in [6.07, 6.45) is 5.42. The first-order chi connectivity index (χ1) is 13.6. The van der Waals surface area contributed by atoms with Gasteiger partial charge in [-0.05, 0) is 36.5 Å². The Morgan fingerprint density at radius 3 is 2.25 bits per heavy atom. The van der Waals surface area contributed by atoms with Gasteiger partial charge in [-0.25, -0.2) is 9.97 Å². The lowest BCUT2D eigenvalue weighted by atomic mass is 10.0. The molecule has 2 N–H and O–H groups in total. The summed E-state index contributed by atoms with van der Waals surface area (Å²) in [5.41, 5.74) is 4.53. The molecule has 5 nitrogen and oxygen atoms in total. The van der Waals surface area contributed by atoms with Crippen LogP contribution in [0.15, 0.2) is 67.0 Å². The maximum absolute atomic E-state index is 11.1. The minimum Gasteiger partial charge on any atom is -0.354 e. The Kier molecular flexibility index (Phi) is 6.73. The van der Waals surface area contributed by atoms with Gasteiger partial charge in [0.15, 0.2) is 0 Å². The minimum atomic E-state index is -0.00117. The van der Waals surface area contributed by atoms with E-state index in [1.54, 1.807) is 6.92 Å². The number of rotatable bonds is 8. The number of hydrogen-bond acceptors (Lipinski definition) is 4. The van der Waals surface area contributed by atoms with Crippen LogP contribution in [0.3, 0.4) is 0 Å². The molecule has 0 aliphatic carbocycles. The van der Waals surface area contributed by atoms with Crippen molar-refractivity contribution in [3.05, 3.63) is 78.1 Å². The van der Waals surface area contributed by atoms with E-state index in [9.17, 15) is 4.79 Å². The number of nitrogens with one attached hydrogen (secondary N) is 2. The number of aromatic nitrogens is 2. The van der Waals surface area contributed by atoms with Crippen LogP contribution in [0.5, 0.6) is 0 Å². The normalized spacial score (nSPS) is 11.6. The van der Waals surface area contributed by atoms with E-state index in [1.807, 2.05) is 37.5 Å². The predicted molar refractivity (Wildman–Crippen MR) is 113 cm³/mol. The van der Waals surface area contributed by atoms with Crippen molar-refractivity contribution in [1.82, 2.24) is 15.3 Å². The second-order valence-corrected chi connectivity index (χ2v) is 6.96. The van der Waals surface area contributed by atoms with E-state index in [-0.39, 0.29) is 11.9 Å². The first-order valence-electron chi connectivity index (χ1n) is 9.56. The van der Waals surface area contributed by atoms with Crippen molar-refractivity contribution in [2.75, 3.05) is 11.9 Å². The third kappa shape index (κ3) is 5.91. The quantitative estimate of drug-likeness (QED) is 0.628. The zero-order valence-electron chi connectivity index (χ0n) is 16.4. The molecule has 1 unspecified atom stereocenters. The van der Waals surface area contributed by atoms with Crippen molar-refractivity contribution in [2.45, 2.75) is 32.7 Å². The first-order valence-corrected chi connectivity index (χ1v) is 9.56. The van der Waals surface area contributed by atoms with Gasteiger partial charge in [0.05, 0.1) is 0 Å². The number of hydrogen-bond donors (Lipinski definition) is 2. The molecule has 1 heterocycles. The molecule has 1 amide bonds. The molecule has 3 rings (SSSR count). The molecule has 1 aromatic heterocycles. The molecule has 0 aliphatic rings. The van der Waals surface area contributed by atoms with E-state index < -0.39 is 0 Å². The summed E-state index contributed by atoms with van der Waals surface area (Å²) in [7, 11) is 0. The largest absolute Gasteiger partial charge is 0.354 e. The summed E-state index contributed by atoms with van der Waals surface area (Å²) in [4.78, 5) is 20.0. The number of amides is 1. The van der Waals surface area contributed by atoms with Crippen molar-refractivity contribution in [1.29, 1.82) is 0 Å². The van der Waals surface area contributed by atoms with E-state index in [2.05, 4.69) is 57.0 Å². The maximum Gasteiger partial charge on any atom is 0.222 e. The van der Waals surface area contributed by atoms with E-state index in [4.69, 9.17) is 0 Å². The van der Waals surface area contributed by atoms with E-state index in [0.29, 0.717) is 5.95 Å². The monoisotopic (exact) mass is 374 g/mol. The van der Waals surface area contributed by atoms with Gasteiger partial charge in [0.2, 0.25) is 11.9 Å². The summed E-state index contributed by atoms with van der Waals surface area (Å²) >= 11 is 0. The summed E-state index contributed by atoms with van der Waals surface area (Å²) in [6, 6.07) is 18.8. The predicted octanol–water partition coefficient (Wildman–Crippen LogP) is 3.87. The molecule has 0 spiro atoms. The summed E-state index contributed by atoms with van der Waals surface area (Å²) in [5, 5.41) is 6.17. The summed E-state index contributed by atoms with van der Waals surface area (Å²) in [5.74, 6) is 0.638. The molecule has 0 saturated heterocycles. The molecule has 0 bridgehead atoms. The van der Waals surface area contributed by atoms with Crippen molar-refractivity contribution in [3.63, 3.8) is 0 Å². The number of carbonyl (C=O) groups is 1. The summed E-state index contributed by atoms with van der Waals surface area (Å²) < 4.78 is 0. The third-order valence-corrected chi connectivity index (χ3v) is 4.47. The average Bonchev–Trinajstić information content (AvgIpc) is 2.69. The zero-order valence-corrected chi connectivity index (χ0v) is 16.4. The maximum atomic E-state index is 11.1. The highest BCUT2D eigenvalue weighted by atomic mass is 16.1. The third-order valence-electron chi connectivity index (χ3n) is 4.47. The molecule has 144 valence electrons. The smallest absolute Gasteiger partial charge is 0.222 e. The molecule has 5 heteroatoms. The average molecular weight is 374 g/mol. The van der Waals surface area contributed by atoms with Gasteiger partial charge in [0.25, 0.3) is 0 Å². The fourth-order valence-electron chi connectivity index (χ4n) is 3.12. The van der Waals surface area contributed by atoms with Gasteiger partial charge in [-0.15, -0.1) is 0 Å². The molecule has 0 radical (unpaired) electrons. The van der Waals surface area contributed by atoms with Crippen LogP contribution in [0.2, 0.25) is 0 Å². The summed E-state index contributed by atoms with van der Waals surface area (Å²) in [6.45, 7) is 4.34. The van der Waals surface area contributed by atoms with E-state index in [1.165, 1.54) is 11.1 Å². The van der Waals surface area contributed by atoms with Gasteiger partial charge in [-0.1, -0.05) is 54.6 Å². The lowest BCUT2D eigenvalue weighted by Gasteiger charge is -2.12. The van der Waals surface area contributed by atoms with E-state index in [0.717, 1.165) is 30.5 Å². The molecular formula is C23H26N4O. The number of benzene rings is 2. The van der Waals surface area contributed by atoms with Crippen molar-refractivity contribution >= 4 is 11.9 Å². The second kappa shape index (κ2) is 9.65. The van der Waals surface area contributed by atoms with Crippen LogP contribution >= 0.6 is 0 Å². The topological polar surface area (TPSA) is 66.9 Å². The number of anilines is 1. The molecule has 0 fully saturated rings. The standard InChI is InChI=1S/C23H26N4O/c1-17(27-18(2)28)14-20-8-10-21(11-9-20)22-15-25-23(26-16-22)24-13-12-19-6-4-3-5-7-19/h3-11,15-17H,12-14H2,1-2H3,(H,27,28)(H,24,25,26). The Labute approximate surface area is 166 Å². The van der Waals surface area contributed by atoms with Crippen LogP contribution in [-0.4, -0.2) is 28.5 Å². The molecule has 28 heavy (non-hydrogen) atoms. The highest BCUT2D eigenvalue weighted by Gasteiger charge is 2.06. The molecule has 3 aromatic rings. The Morgan fingerprint density at radius 2 is 1.61 bits per heavy atom. The molecule has 0 aliphatic heterocycles. The Hall–Kier alpha value is -3.21. The molecule has 0 saturated carbocycles. The van der Waals surface area contributed by atoms with Gasteiger partial charge in [0.1, 0.15) is 0 Å². The van der Waals surface area contributed by atoms with Gasteiger partial charge in [0, 0.05) is 37.5 Å². The minimum absolute atomic E-state index is 0.00117. The van der Waals surface area contributed by atoms with Crippen LogP contribution in [0, 0.1) is 0 Å². The lowest BCUT2D eigenvalue weighted by Crippen LogP contribution is -2.31. The number of nitrogens with zero attached hydrogens (tertiary/aromatic N) is 2.